The zero-order valence-electron chi connectivity index (χ0n) is 27.4. The number of hydrogen-bond donors (Lipinski definition) is 0. The normalized spacial score (nSPS) is 17.6. The second-order valence-corrected chi connectivity index (χ2v) is 12.9. The molecule has 2 heterocycles. The SMILES string of the molecule is CCCCOc1ccc(C(=O)[C@@H](CC[C@@H](CN2CCCCC2)C(=O)c2ccc(OCCCC)cc2)CN2CCCCC2)cc1. The van der Waals surface area contributed by atoms with Crippen LogP contribution in [0, 0.1) is 11.8 Å². The second kappa shape index (κ2) is 19.0. The number of hydrogen-bond acceptors (Lipinski definition) is 6. The number of nitrogens with zero attached hydrogens (tertiary/aromatic N) is 2. The number of piperidine rings is 2. The van der Waals surface area contributed by atoms with Crippen molar-refractivity contribution in [1.82, 2.24) is 9.80 Å². The summed E-state index contributed by atoms with van der Waals surface area (Å²) < 4.78 is 11.7. The molecule has 242 valence electrons. The number of unbranched alkanes of at least 4 members (excludes halogenated alkanes) is 2. The van der Waals surface area contributed by atoms with Crippen LogP contribution in [-0.2, 0) is 0 Å². The summed E-state index contributed by atoms with van der Waals surface area (Å²) in [5, 5.41) is 0. The average molecular weight is 605 g/mol. The van der Waals surface area contributed by atoms with Crippen LogP contribution in [0.4, 0.5) is 0 Å². The minimum atomic E-state index is -0.133. The number of carbonyl (C=O) groups is 2. The van der Waals surface area contributed by atoms with Crippen molar-refractivity contribution in [2.24, 2.45) is 11.8 Å². The summed E-state index contributed by atoms with van der Waals surface area (Å²) in [4.78, 5) is 32.9. The third kappa shape index (κ3) is 11.0. The van der Waals surface area contributed by atoms with Gasteiger partial charge in [0.25, 0.3) is 0 Å². The zero-order chi connectivity index (χ0) is 31.0. The Balaban J connectivity index is 1.47. The largest absolute Gasteiger partial charge is 0.494 e. The van der Waals surface area contributed by atoms with E-state index in [4.69, 9.17) is 9.47 Å². The van der Waals surface area contributed by atoms with Gasteiger partial charge in [-0.3, -0.25) is 9.59 Å². The monoisotopic (exact) mass is 604 g/mol. The van der Waals surface area contributed by atoms with Crippen LogP contribution in [0.1, 0.15) is 112 Å². The van der Waals surface area contributed by atoms with Gasteiger partial charge in [0.2, 0.25) is 0 Å². The highest BCUT2D eigenvalue weighted by atomic mass is 16.5. The molecule has 0 N–H and O–H groups in total. The molecule has 2 fully saturated rings. The van der Waals surface area contributed by atoms with Crippen LogP contribution in [0.15, 0.2) is 48.5 Å². The van der Waals surface area contributed by atoms with E-state index in [-0.39, 0.29) is 23.4 Å². The highest BCUT2D eigenvalue weighted by Gasteiger charge is 2.29. The Morgan fingerprint density at radius 2 is 0.955 bits per heavy atom. The summed E-state index contributed by atoms with van der Waals surface area (Å²) in [6.07, 6.45) is 13.0. The Morgan fingerprint density at radius 3 is 1.30 bits per heavy atom. The van der Waals surface area contributed by atoms with Gasteiger partial charge in [-0.2, -0.15) is 0 Å². The zero-order valence-corrected chi connectivity index (χ0v) is 27.4. The highest BCUT2D eigenvalue weighted by molar-refractivity contribution is 5.99. The van der Waals surface area contributed by atoms with E-state index in [1.54, 1.807) is 0 Å². The Kier molecular flexibility index (Phi) is 14.7. The molecule has 0 aromatic heterocycles. The van der Waals surface area contributed by atoms with E-state index in [0.717, 1.165) is 87.6 Å². The first-order valence-corrected chi connectivity index (χ1v) is 17.6. The van der Waals surface area contributed by atoms with Crippen molar-refractivity contribution in [1.29, 1.82) is 0 Å². The molecular formula is C38H56N2O4. The van der Waals surface area contributed by atoms with Gasteiger partial charge in [0.05, 0.1) is 13.2 Å². The van der Waals surface area contributed by atoms with Crippen molar-refractivity contribution < 1.29 is 19.1 Å². The predicted molar refractivity (Wildman–Crippen MR) is 179 cm³/mol. The predicted octanol–water partition coefficient (Wildman–Crippen LogP) is 8.09. The van der Waals surface area contributed by atoms with Gasteiger partial charge < -0.3 is 19.3 Å². The first-order chi connectivity index (χ1) is 21.6. The molecule has 44 heavy (non-hydrogen) atoms. The summed E-state index contributed by atoms with van der Waals surface area (Å²) >= 11 is 0. The van der Waals surface area contributed by atoms with Crippen LogP contribution in [0.3, 0.4) is 0 Å². The molecule has 0 unspecified atom stereocenters. The maximum Gasteiger partial charge on any atom is 0.167 e. The van der Waals surface area contributed by atoms with Crippen molar-refractivity contribution in [2.75, 3.05) is 52.5 Å². The lowest BCUT2D eigenvalue weighted by Gasteiger charge is -2.32. The minimum Gasteiger partial charge on any atom is -0.494 e. The van der Waals surface area contributed by atoms with Gasteiger partial charge in [0.1, 0.15) is 11.5 Å². The maximum atomic E-state index is 14.0. The topological polar surface area (TPSA) is 59.1 Å². The van der Waals surface area contributed by atoms with Crippen LogP contribution in [-0.4, -0.2) is 73.8 Å². The van der Waals surface area contributed by atoms with Gasteiger partial charge in [0, 0.05) is 36.1 Å². The maximum absolute atomic E-state index is 14.0. The van der Waals surface area contributed by atoms with E-state index in [0.29, 0.717) is 26.1 Å². The smallest absolute Gasteiger partial charge is 0.167 e. The van der Waals surface area contributed by atoms with Gasteiger partial charge in [-0.1, -0.05) is 39.5 Å². The molecule has 0 bridgehead atoms. The fraction of sp³-hybridized carbons (Fsp3) is 0.632. The number of likely N-dealkylation sites (tertiary alicyclic amines) is 2. The molecule has 0 spiro atoms. The van der Waals surface area contributed by atoms with E-state index in [9.17, 15) is 9.59 Å². The molecular weight excluding hydrogens is 548 g/mol. The van der Waals surface area contributed by atoms with Gasteiger partial charge in [-0.15, -0.1) is 0 Å². The molecule has 0 radical (unpaired) electrons. The van der Waals surface area contributed by atoms with Crippen molar-refractivity contribution in [3.63, 3.8) is 0 Å². The molecule has 2 saturated heterocycles. The lowest BCUT2D eigenvalue weighted by atomic mass is 9.85. The molecule has 4 rings (SSSR count). The van der Waals surface area contributed by atoms with Crippen LogP contribution < -0.4 is 9.47 Å². The Labute approximate surface area is 266 Å². The fourth-order valence-electron chi connectivity index (χ4n) is 6.49. The number of carbonyl (C=O) groups excluding carboxylic acids is 2. The molecule has 6 nitrogen and oxygen atoms in total. The quantitative estimate of drug-likeness (QED) is 0.119. The Morgan fingerprint density at radius 1 is 0.591 bits per heavy atom. The molecule has 2 aromatic rings. The van der Waals surface area contributed by atoms with Crippen molar-refractivity contribution in [2.45, 2.75) is 90.9 Å². The average Bonchev–Trinajstić information content (AvgIpc) is 3.07. The molecule has 2 aromatic carbocycles. The molecule has 2 aliphatic rings. The summed E-state index contributed by atoms with van der Waals surface area (Å²) in [5.41, 5.74) is 1.49. The lowest BCUT2D eigenvalue weighted by Crippen LogP contribution is -2.39. The van der Waals surface area contributed by atoms with Gasteiger partial charge in [-0.05, 0) is 126 Å². The van der Waals surface area contributed by atoms with E-state index >= 15 is 0 Å². The Hall–Kier alpha value is -2.70. The summed E-state index contributed by atoms with van der Waals surface area (Å²) in [6.45, 7) is 11.4. The van der Waals surface area contributed by atoms with Crippen molar-refractivity contribution in [3.05, 3.63) is 59.7 Å². The summed E-state index contributed by atoms with van der Waals surface area (Å²) in [7, 11) is 0. The molecule has 2 atom stereocenters. The summed E-state index contributed by atoms with van der Waals surface area (Å²) in [5.74, 6) is 1.74. The highest BCUT2D eigenvalue weighted by Crippen LogP contribution is 2.26. The third-order valence-corrected chi connectivity index (χ3v) is 9.27. The van der Waals surface area contributed by atoms with Gasteiger partial charge in [0.15, 0.2) is 11.6 Å². The van der Waals surface area contributed by atoms with Crippen LogP contribution >= 0.6 is 0 Å². The standard InChI is InChI=1S/C38H56N2O4/c1-3-5-27-43-35-19-15-31(16-20-35)37(41)33(29-39-23-9-7-10-24-39)13-14-34(30-40-25-11-8-12-26-40)38(42)32-17-21-36(22-18-32)44-28-6-4-2/h15-22,33-34H,3-14,23-30H2,1-2H3/t33-,34-/m0/s1. The number of ether oxygens (including phenoxy) is 2. The van der Waals surface area contributed by atoms with Crippen molar-refractivity contribution >= 4 is 11.6 Å². The fourth-order valence-corrected chi connectivity index (χ4v) is 6.49. The van der Waals surface area contributed by atoms with Gasteiger partial charge in [-0.25, -0.2) is 0 Å². The Bertz CT molecular complexity index is 1020. The molecule has 6 heteroatoms. The van der Waals surface area contributed by atoms with E-state index in [1.165, 1.54) is 38.5 Å². The van der Waals surface area contributed by atoms with Crippen LogP contribution in [0.5, 0.6) is 11.5 Å². The van der Waals surface area contributed by atoms with Crippen LogP contribution in [0.2, 0.25) is 0 Å². The van der Waals surface area contributed by atoms with E-state index in [2.05, 4.69) is 23.6 Å². The molecule has 2 aliphatic heterocycles. The first kappa shape index (κ1) is 34.2. The minimum absolute atomic E-state index is 0.133. The number of rotatable bonds is 19. The first-order valence-electron chi connectivity index (χ1n) is 17.6. The number of ketones is 2. The number of benzene rings is 2. The lowest BCUT2D eigenvalue weighted by molar-refractivity contribution is 0.0793. The molecule has 0 saturated carbocycles. The second-order valence-electron chi connectivity index (χ2n) is 12.9. The van der Waals surface area contributed by atoms with E-state index in [1.807, 2.05) is 48.5 Å². The summed E-state index contributed by atoms with van der Waals surface area (Å²) in [6, 6.07) is 15.4. The van der Waals surface area contributed by atoms with Crippen LogP contribution in [0.25, 0.3) is 0 Å². The number of Topliss-reactive ketones (excluding diaryl/α,β-unsaturated/α-hetero) is 2. The molecule has 0 amide bonds. The molecule has 0 aliphatic carbocycles. The van der Waals surface area contributed by atoms with Gasteiger partial charge >= 0.3 is 0 Å². The third-order valence-electron chi connectivity index (χ3n) is 9.27. The van der Waals surface area contributed by atoms with Crippen molar-refractivity contribution in [3.8, 4) is 11.5 Å². The van der Waals surface area contributed by atoms with E-state index < -0.39 is 0 Å².